The van der Waals surface area contributed by atoms with Crippen molar-refractivity contribution in [3.8, 4) is 0 Å². The second-order valence-corrected chi connectivity index (χ2v) is 7.69. The van der Waals surface area contributed by atoms with Gasteiger partial charge in [-0.05, 0) is 24.1 Å². The van der Waals surface area contributed by atoms with Crippen molar-refractivity contribution in [1.29, 1.82) is 0 Å². The van der Waals surface area contributed by atoms with Crippen LogP contribution in [0.2, 0.25) is 0 Å². The number of imide groups is 1. The lowest BCUT2D eigenvalue weighted by Crippen LogP contribution is -2.54. The van der Waals surface area contributed by atoms with E-state index in [1.807, 2.05) is 13.8 Å². The Morgan fingerprint density at radius 1 is 1.26 bits per heavy atom. The molecule has 3 heterocycles. The number of carbonyl (C=O) groups excluding carboxylic acids is 3. The van der Waals surface area contributed by atoms with E-state index in [9.17, 15) is 18.8 Å². The Morgan fingerprint density at radius 2 is 2.00 bits per heavy atom. The number of nitrogens with zero attached hydrogens (tertiary/aromatic N) is 1. The van der Waals surface area contributed by atoms with E-state index in [2.05, 4.69) is 10.6 Å². The molecule has 1 aromatic carbocycles. The van der Waals surface area contributed by atoms with E-state index in [0.29, 0.717) is 11.3 Å². The first kappa shape index (κ1) is 18.1. The quantitative estimate of drug-likeness (QED) is 0.762. The highest BCUT2D eigenvalue weighted by Crippen LogP contribution is 2.53. The Kier molecular flexibility index (Phi) is 4.08. The van der Waals surface area contributed by atoms with Gasteiger partial charge in [-0.15, -0.1) is 0 Å². The molecule has 8 heteroatoms. The Bertz CT molecular complexity index is 842. The van der Waals surface area contributed by atoms with E-state index < -0.39 is 35.0 Å². The summed E-state index contributed by atoms with van der Waals surface area (Å²) >= 11 is 0. The molecule has 3 amide bonds. The van der Waals surface area contributed by atoms with Crippen molar-refractivity contribution in [2.24, 2.45) is 17.8 Å². The number of nitrogens with one attached hydrogen (secondary N) is 2. The third kappa shape index (κ3) is 2.29. The van der Waals surface area contributed by atoms with Crippen molar-refractivity contribution in [2.45, 2.75) is 25.4 Å². The summed E-state index contributed by atoms with van der Waals surface area (Å²) in [5, 5.41) is 6.01. The number of ether oxygens (including phenoxy) is 1. The van der Waals surface area contributed by atoms with Crippen molar-refractivity contribution in [3.05, 3.63) is 29.6 Å². The molecule has 0 aromatic heterocycles. The topological polar surface area (TPSA) is 87.7 Å². The van der Waals surface area contributed by atoms with Gasteiger partial charge in [0.05, 0.1) is 25.0 Å². The number of halogens is 1. The zero-order chi connectivity index (χ0) is 19.5. The predicted octanol–water partition coefficient (Wildman–Crippen LogP) is 0.849. The largest absolute Gasteiger partial charge is 0.383 e. The van der Waals surface area contributed by atoms with Gasteiger partial charge < -0.3 is 10.1 Å². The molecular weight excluding hydrogens is 353 g/mol. The Labute approximate surface area is 156 Å². The van der Waals surface area contributed by atoms with E-state index in [1.54, 1.807) is 0 Å². The lowest BCUT2D eigenvalue weighted by molar-refractivity contribution is -0.143. The number of carbonyl (C=O) groups is 3. The maximum Gasteiger partial charge on any atom is 0.250 e. The summed E-state index contributed by atoms with van der Waals surface area (Å²) in [5.41, 5.74) is -0.584. The number of benzene rings is 1. The zero-order valence-corrected chi connectivity index (χ0v) is 15.4. The van der Waals surface area contributed by atoms with E-state index in [0.717, 1.165) is 0 Å². The summed E-state index contributed by atoms with van der Waals surface area (Å²) in [7, 11) is 1.50. The molecule has 3 aliphatic heterocycles. The SMILES string of the molecule is COCCN1C(=O)C2C(C(C)C)NC3(C(=O)Nc4ccc(F)cc43)C2C1=O. The van der Waals surface area contributed by atoms with E-state index >= 15 is 0 Å². The first-order valence-electron chi connectivity index (χ1n) is 9.06. The predicted molar refractivity (Wildman–Crippen MR) is 94.0 cm³/mol. The fraction of sp³-hybridized carbons (Fsp3) is 0.526. The molecule has 0 radical (unpaired) electrons. The van der Waals surface area contributed by atoms with Crippen LogP contribution < -0.4 is 10.6 Å². The molecule has 4 rings (SSSR count). The molecule has 0 aliphatic carbocycles. The van der Waals surface area contributed by atoms with Crippen LogP contribution in [0.1, 0.15) is 19.4 Å². The standard InChI is InChI=1S/C19H22FN3O4/c1-9(2)15-13-14(17(25)23(16(13)24)6-7-27-3)19(22-15)11-8-10(20)4-5-12(11)21-18(19)26/h4-5,8-9,13-15,22H,6-7H2,1-3H3,(H,21,26). The lowest BCUT2D eigenvalue weighted by Gasteiger charge is -2.30. The van der Waals surface area contributed by atoms with Crippen molar-refractivity contribution in [1.82, 2.24) is 10.2 Å². The summed E-state index contributed by atoms with van der Waals surface area (Å²) in [6, 6.07) is 3.65. The van der Waals surface area contributed by atoms with Crippen LogP contribution in [0.25, 0.3) is 0 Å². The Hall–Kier alpha value is -2.32. The van der Waals surface area contributed by atoms with Crippen molar-refractivity contribution in [3.63, 3.8) is 0 Å². The molecule has 1 aromatic rings. The van der Waals surface area contributed by atoms with Crippen LogP contribution in [-0.2, 0) is 24.7 Å². The summed E-state index contributed by atoms with van der Waals surface area (Å²) in [5.74, 6) is -3.21. The maximum atomic E-state index is 14.0. The van der Waals surface area contributed by atoms with E-state index in [4.69, 9.17) is 4.74 Å². The van der Waals surface area contributed by atoms with Crippen LogP contribution in [0.15, 0.2) is 18.2 Å². The molecule has 2 fully saturated rings. The van der Waals surface area contributed by atoms with Crippen LogP contribution in [0, 0.1) is 23.6 Å². The van der Waals surface area contributed by atoms with Gasteiger partial charge in [0.15, 0.2) is 0 Å². The van der Waals surface area contributed by atoms with Gasteiger partial charge >= 0.3 is 0 Å². The Morgan fingerprint density at radius 3 is 2.67 bits per heavy atom. The molecule has 144 valence electrons. The molecule has 2 N–H and O–H groups in total. The summed E-state index contributed by atoms with van der Waals surface area (Å²) in [6.45, 7) is 4.23. The van der Waals surface area contributed by atoms with Gasteiger partial charge in [0, 0.05) is 24.4 Å². The number of methoxy groups -OCH3 is 1. The number of fused-ring (bicyclic) bond motifs is 4. The van der Waals surface area contributed by atoms with Crippen molar-refractivity contribution >= 4 is 23.4 Å². The van der Waals surface area contributed by atoms with Crippen LogP contribution >= 0.6 is 0 Å². The van der Waals surface area contributed by atoms with Gasteiger partial charge in [-0.25, -0.2) is 4.39 Å². The van der Waals surface area contributed by atoms with Crippen LogP contribution in [0.4, 0.5) is 10.1 Å². The number of amides is 3. The highest BCUT2D eigenvalue weighted by atomic mass is 19.1. The molecule has 1 spiro atoms. The number of likely N-dealkylation sites (tertiary alicyclic amines) is 1. The average molecular weight is 375 g/mol. The molecule has 4 atom stereocenters. The fourth-order valence-corrected chi connectivity index (χ4v) is 4.74. The van der Waals surface area contributed by atoms with Gasteiger partial charge in [0.25, 0.3) is 0 Å². The van der Waals surface area contributed by atoms with Crippen molar-refractivity contribution in [2.75, 3.05) is 25.6 Å². The summed E-state index contributed by atoms with van der Waals surface area (Å²) in [4.78, 5) is 40.5. The molecule has 4 unspecified atom stereocenters. The van der Waals surface area contributed by atoms with Gasteiger partial charge in [-0.3, -0.25) is 24.6 Å². The second-order valence-electron chi connectivity index (χ2n) is 7.69. The third-order valence-corrected chi connectivity index (χ3v) is 5.94. The van der Waals surface area contributed by atoms with Crippen LogP contribution in [-0.4, -0.2) is 48.9 Å². The van der Waals surface area contributed by atoms with Gasteiger partial charge in [0.1, 0.15) is 11.4 Å². The summed E-state index contributed by atoms with van der Waals surface area (Å²) in [6.07, 6.45) is 0. The number of hydrogen-bond acceptors (Lipinski definition) is 5. The second kappa shape index (κ2) is 6.10. The smallest absolute Gasteiger partial charge is 0.250 e. The van der Waals surface area contributed by atoms with E-state index in [-0.39, 0.29) is 31.0 Å². The number of anilines is 1. The molecule has 3 aliphatic rings. The average Bonchev–Trinajstić information content (AvgIpc) is 3.20. The molecule has 27 heavy (non-hydrogen) atoms. The minimum Gasteiger partial charge on any atom is -0.383 e. The zero-order valence-electron chi connectivity index (χ0n) is 15.4. The van der Waals surface area contributed by atoms with Crippen LogP contribution in [0.3, 0.4) is 0 Å². The minimum absolute atomic E-state index is 0.00130. The van der Waals surface area contributed by atoms with E-state index in [1.165, 1.54) is 30.2 Å². The third-order valence-electron chi connectivity index (χ3n) is 5.94. The Balaban J connectivity index is 1.86. The first-order valence-corrected chi connectivity index (χ1v) is 9.06. The highest BCUT2D eigenvalue weighted by molar-refractivity contribution is 6.15. The monoisotopic (exact) mass is 375 g/mol. The molecule has 0 saturated carbocycles. The molecule has 7 nitrogen and oxygen atoms in total. The number of rotatable bonds is 4. The fourth-order valence-electron chi connectivity index (χ4n) is 4.74. The maximum absolute atomic E-state index is 14.0. The number of hydrogen-bond donors (Lipinski definition) is 2. The highest BCUT2D eigenvalue weighted by Gasteiger charge is 2.70. The van der Waals surface area contributed by atoms with Crippen LogP contribution in [0.5, 0.6) is 0 Å². The molecular formula is C19H22FN3O4. The van der Waals surface area contributed by atoms with Gasteiger partial charge in [-0.1, -0.05) is 13.8 Å². The van der Waals surface area contributed by atoms with Gasteiger partial charge in [0.2, 0.25) is 17.7 Å². The van der Waals surface area contributed by atoms with Crippen molar-refractivity contribution < 1.29 is 23.5 Å². The normalized spacial score (nSPS) is 31.8. The minimum atomic E-state index is -1.44. The molecule has 0 bridgehead atoms. The summed E-state index contributed by atoms with van der Waals surface area (Å²) < 4.78 is 19.0. The first-order chi connectivity index (χ1) is 12.8. The lowest BCUT2D eigenvalue weighted by atomic mass is 9.76. The molecule has 2 saturated heterocycles. The van der Waals surface area contributed by atoms with Gasteiger partial charge in [-0.2, -0.15) is 0 Å².